The molecule has 1 amide bonds. The first-order valence-corrected chi connectivity index (χ1v) is 13.5. The number of rotatable bonds is 7. The lowest BCUT2D eigenvalue weighted by Gasteiger charge is -2.32. The smallest absolute Gasteiger partial charge is 0.492 e. The number of hydrogen-bond acceptors (Lipinski definition) is 5. The lowest BCUT2D eigenvalue weighted by molar-refractivity contribution is 0.00578. The van der Waals surface area contributed by atoms with Crippen LogP contribution in [0.5, 0.6) is 5.75 Å². The monoisotopic (exact) mass is 545 g/mol. The minimum atomic E-state index is -0.658. The van der Waals surface area contributed by atoms with Gasteiger partial charge in [0.25, 0.3) is 0 Å². The van der Waals surface area contributed by atoms with Gasteiger partial charge in [0.2, 0.25) is 0 Å². The summed E-state index contributed by atoms with van der Waals surface area (Å²) >= 11 is 6.30. The fourth-order valence-corrected chi connectivity index (χ4v) is 5.25. The summed E-state index contributed by atoms with van der Waals surface area (Å²) in [4.78, 5) is 12.9. The summed E-state index contributed by atoms with van der Waals surface area (Å²) < 4.78 is 23.7. The molecule has 1 aliphatic carbocycles. The molecule has 8 heteroatoms. The van der Waals surface area contributed by atoms with Crippen molar-refractivity contribution in [1.82, 2.24) is 5.32 Å². The first-order chi connectivity index (χ1) is 18.6. The van der Waals surface area contributed by atoms with Crippen molar-refractivity contribution in [2.24, 2.45) is 0 Å². The maximum absolute atomic E-state index is 12.9. The summed E-state index contributed by atoms with van der Waals surface area (Å²) in [6.07, 6.45) is 1.39. The highest BCUT2D eigenvalue weighted by atomic mass is 35.5. The number of carbonyl (C=O) groups is 1. The highest BCUT2D eigenvalue weighted by molar-refractivity contribution is 6.56. The van der Waals surface area contributed by atoms with Crippen molar-refractivity contribution in [3.63, 3.8) is 0 Å². The highest BCUT2D eigenvalue weighted by Crippen LogP contribution is 2.44. The van der Waals surface area contributed by atoms with E-state index in [4.69, 9.17) is 30.4 Å². The van der Waals surface area contributed by atoms with Crippen LogP contribution in [0.25, 0.3) is 17.2 Å². The van der Waals surface area contributed by atoms with Crippen molar-refractivity contribution in [1.29, 1.82) is 0 Å². The van der Waals surface area contributed by atoms with E-state index in [0.717, 1.165) is 11.0 Å². The molecule has 1 N–H and O–H groups in total. The van der Waals surface area contributed by atoms with Gasteiger partial charge in [-0.25, -0.2) is 4.79 Å². The SMILES string of the molecule is COc1cc(Cl)cc(C=C(CNC(=O)OCC2c3ccccc3-c3ccccc32)B2OC(C)(C)C(C)(C)O2)c1. The number of nitrogens with one attached hydrogen (secondary N) is 1. The summed E-state index contributed by atoms with van der Waals surface area (Å²) in [7, 11) is 0.932. The van der Waals surface area contributed by atoms with Crippen LogP contribution in [-0.4, -0.2) is 44.7 Å². The maximum atomic E-state index is 12.9. The van der Waals surface area contributed by atoms with E-state index in [0.29, 0.717) is 10.8 Å². The Labute approximate surface area is 235 Å². The summed E-state index contributed by atoms with van der Waals surface area (Å²) in [6, 6.07) is 21.9. The van der Waals surface area contributed by atoms with Crippen LogP contribution in [0.2, 0.25) is 5.02 Å². The summed E-state index contributed by atoms with van der Waals surface area (Å²) in [6.45, 7) is 8.37. The Kier molecular flexibility index (Phi) is 7.51. The molecule has 2 aliphatic rings. The van der Waals surface area contributed by atoms with E-state index in [2.05, 4.69) is 29.6 Å². The average molecular weight is 546 g/mol. The molecule has 0 unspecified atom stereocenters. The topological polar surface area (TPSA) is 66.0 Å². The third-order valence-electron chi connectivity index (χ3n) is 7.82. The molecule has 1 saturated heterocycles. The van der Waals surface area contributed by atoms with Crippen molar-refractivity contribution in [2.75, 3.05) is 20.3 Å². The summed E-state index contributed by atoms with van der Waals surface area (Å²) in [5.41, 5.74) is 5.16. The first-order valence-electron chi connectivity index (χ1n) is 13.1. The number of ether oxygens (including phenoxy) is 2. The molecule has 1 aliphatic heterocycles. The number of amides is 1. The molecule has 6 nitrogen and oxygen atoms in total. The average Bonchev–Trinajstić information content (AvgIpc) is 3.33. The second-order valence-electron chi connectivity index (χ2n) is 10.9. The van der Waals surface area contributed by atoms with E-state index in [-0.39, 0.29) is 19.1 Å². The molecule has 202 valence electrons. The van der Waals surface area contributed by atoms with E-state index in [9.17, 15) is 4.79 Å². The van der Waals surface area contributed by atoms with Crippen molar-refractivity contribution in [2.45, 2.75) is 44.8 Å². The Balaban J connectivity index is 1.32. The highest BCUT2D eigenvalue weighted by Gasteiger charge is 2.52. The first kappa shape index (κ1) is 27.3. The molecule has 0 aromatic heterocycles. The van der Waals surface area contributed by atoms with Crippen molar-refractivity contribution in [3.05, 3.63) is 93.9 Å². The van der Waals surface area contributed by atoms with Gasteiger partial charge >= 0.3 is 13.2 Å². The number of alkyl carbamates (subject to hydrolysis) is 1. The van der Waals surface area contributed by atoms with Gasteiger partial charge in [0, 0.05) is 17.5 Å². The zero-order chi connectivity index (χ0) is 27.8. The lowest BCUT2D eigenvalue weighted by Crippen LogP contribution is -2.41. The lowest BCUT2D eigenvalue weighted by atomic mass is 9.77. The zero-order valence-electron chi connectivity index (χ0n) is 22.9. The van der Waals surface area contributed by atoms with Crippen LogP contribution in [0.3, 0.4) is 0 Å². The maximum Gasteiger partial charge on any atom is 0.492 e. The van der Waals surface area contributed by atoms with E-state index in [1.807, 2.05) is 70.2 Å². The van der Waals surface area contributed by atoms with Gasteiger partial charge in [0.05, 0.1) is 18.3 Å². The predicted molar refractivity (Wildman–Crippen MR) is 155 cm³/mol. The van der Waals surface area contributed by atoms with Gasteiger partial charge in [-0.15, -0.1) is 0 Å². The normalized spacial score (nSPS) is 17.5. The van der Waals surface area contributed by atoms with Crippen LogP contribution in [0, 0.1) is 0 Å². The Hall–Kier alpha value is -3.26. The fraction of sp³-hybridized carbons (Fsp3) is 0.323. The molecule has 3 aromatic rings. The van der Waals surface area contributed by atoms with Gasteiger partial charge in [-0.1, -0.05) is 66.2 Å². The number of methoxy groups -OCH3 is 1. The van der Waals surface area contributed by atoms with Gasteiger partial charge in [-0.05, 0) is 79.2 Å². The predicted octanol–water partition coefficient (Wildman–Crippen LogP) is 6.90. The van der Waals surface area contributed by atoms with Crippen LogP contribution < -0.4 is 10.1 Å². The van der Waals surface area contributed by atoms with Gasteiger partial charge < -0.3 is 24.1 Å². The number of fused-ring (bicyclic) bond motifs is 3. The largest absolute Gasteiger partial charge is 0.497 e. The third-order valence-corrected chi connectivity index (χ3v) is 8.04. The number of halogens is 1. The summed E-state index contributed by atoms with van der Waals surface area (Å²) in [5, 5.41) is 3.44. The zero-order valence-corrected chi connectivity index (χ0v) is 23.7. The Bertz CT molecular complexity index is 1360. The number of benzene rings is 3. The standard InChI is InChI=1S/C31H33BClNO5/c1-30(2)31(3,4)39-32(38-30)21(14-20-15-22(33)17-23(16-20)36-5)18-34-29(35)37-19-28-26-12-8-6-10-24(26)25-11-7-9-13-27(25)28/h6-17,28H,18-19H2,1-5H3,(H,34,35). The van der Waals surface area contributed by atoms with E-state index in [1.165, 1.54) is 22.3 Å². The van der Waals surface area contributed by atoms with Gasteiger partial charge in [-0.2, -0.15) is 0 Å². The molecule has 1 heterocycles. The molecule has 1 fully saturated rings. The van der Waals surface area contributed by atoms with Crippen molar-refractivity contribution in [3.8, 4) is 16.9 Å². The Morgan fingerprint density at radius 3 is 2.15 bits per heavy atom. The van der Waals surface area contributed by atoms with E-state index < -0.39 is 24.4 Å². The van der Waals surface area contributed by atoms with Crippen LogP contribution in [0.15, 0.2) is 72.2 Å². The summed E-state index contributed by atoms with van der Waals surface area (Å²) in [5.74, 6) is 0.617. The molecule has 0 spiro atoms. The molecule has 5 rings (SSSR count). The minimum absolute atomic E-state index is 0.0137. The van der Waals surface area contributed by atoms with Crippen LogP contribution in [-0.2, 0) is 14.0 Å². The van der Waals surface area contributed by atoms with Crippen molar-refractivity contribution >= 4 is 30.9 Å². The van der Waals surface area contributed by atoms with Crippen LogP contribution >= 0.6 is 11.6 Å². The molecule has 0 bridgehead atoms. The van der Waals surface area contributed by atoms with Crippen molar-refractivity contribution < 1.29 is 23.6 Å². The Morgan fingerprint density at radius 1 is 0.974 bits per heavy atom. The molecule has 39 heavy (non-hydrogen) atoms. The van der Waals surface area contributed by atoms with Gasteiger partial charge in [0.1, 0.15) is 12.4 Å². The van der Waals surface area contributed by atoms with Gasteiger partial charge in [-0.3, -0.25) is 0 Å². The quantitative estimate of drug-likeness (QED) is 0.327. The van der Waals surface area contributed by atoms with Crippen LogP contribution in [0.1, 0.15) is 50.3 Å². The number of carbonyl (C=O) groups excluding carboxylic acids is 1. The van der Waals surface area contributed by atoms with Gasteiger partial charge in [0.15, 0.2) is 0 Å². The third kappa shape index (κ3) is 5.58. The molecular formula is C31H33BClNO5. The second kappa shape index (κ2) is 10.7. The minimum Gasteiger partial charge on any atom is -0.497 e. The number of hydrogen-bond donors (Lipinski definition) is 1. The molecule has 0 saturated carbocycles. The van der Waals surface area contributed by atoms with E-state index >= 15 is 0 Å². The van der Waals surface area contributed by atoms with Crippen LogP contribution in [0.4, 0.5) is 4.79 Å². The molecule has 0 radical (unpaired) electrons. The molecule has 0 atom stereocenters. The fourth-order valence-electron chi connectivity index (χ4n) is 5.02. The molecule has 3 aromatic carbocycles. The second-order valence-corrected chi connectivity index (χ2v) is 11.3. The molecular weight excluding hydrogens is 513 g/mol. The van der Waals surface area contributed by atoms with E-state index in [1.54, 1.807) is 13.2 Å². The Morgan fingerprint density at radius 2 is 1.56 bits per heavy atom.